The summed E-state index contributed by atoms with van der Waals surface area (Å²) in [5, 5.41) is 0. The molecule has 2 atom stereocenters. The molecule has 0 saturated heterocycles. The van der Waals surface area contributed by atoms with Gasteiger partial charge in [-0.2, -0.15) is 13.2 Å². The molecule has 94 valence electrons. The Morgan fingerprint density at radius 2 is 2.06 bits per heavy atom. The largest absolute Gasteiger partial charge is 0.462 e. The third kappa shape index (κ3) is 3.66. The highest BCUT2D eigenvalue weighted by Crippen LogP contribution is 2.30. The molecule has 0 aromatic heterocycles. The maximum atomic E-state index is 12.4. The Kier molecular flexibility index (Phi) is 4.18. The Morgan fingerprint density at radius 3 is 2.44 bits per heavy atom. The van der Waals surface area contributed by atoms with Crippen LogP contribution < -0.4 is 5.73 Å². The second kappa shape index (κ2) is 5.03. The van der Waals surface area contributed by atoms with Crippen LogP contribution in [0.25, 0.3) is 0 Å². The zero-order valence-corrected chi connectivity index (χ0v) is 9.09. The SMILES string of the molecule is CCC[C@H](C(=O)OC1CC1)[C@H](N)C(F)(F)F. The number of halogens is 3. The summed E-state index contributed by atoms with van der Waals surface area (Å²) in [4.78, 5) is 11.5. The zero-order chi connectivity index (χ0) is 12.3. The first-order valence-electron chi connectivity index (χ1n) is 5.39. The maximum absolute atomic E-state index is 12.4. The van der Waals surface area contributed by atoms with Gasteiger partial charge >= 0.3 is 12.1 Å². The monoisotopic (exact) mass is 239 g/mol. The third-order valence-electron chi connectivity index (χ3n) is 2.52. The smallest absolute Gasteiger partial charge is 0.404 e. The lowest BCUT2D eigenvalue weighted by atomic mass is 9.95. The van der Waals surface area contributed by atoms with Crippen molar-refractivity contribution >= 4 is 5.97 Å². The van der Waals surface area contributed by atoms with Crippen LogP contribution in [0, 0.1) is 5.92 Å². The molecule has 2 N–H and O–H groups in total. The summed E-state index contributed by atoms with van der Waals surface area (Å²) in [7, 11) is 0. The quantitative estimate of drug-likeness (QED) is 0.746. The molecule has 0 radical (unpaired) electrons. The minimum absolute atomic E-state index is 0.103. The van der Waals surface area contributed by atoms with Crippen molar-refractivity contribution in [2.45, 2.75) is 50.9 Å². The van der Waals surface area contributed by atoms with E-state index in [0.717, 1.165) is 12.8 Å². The van der Waals surface area contributed by atoms with Crippen molar-refractivity contribution in [3.63, 3.8) is 0 Å². The summed E-state index contributed by atoms with van der Waals surface area (Å²) in [6.45, 7) is 1.71. The van der Waals surface area contributed by atoms with E-state index in [4.69, 9.17) is 10.5 Å². The summed E-state index contributed by atoms with van der Waals surface area (Å²) in [6, 6.07) is -2.13. The number of rotatable bonds is 5. The van der Waals surface area contributed by atoms with E-state index in [9.17, 15) is 18.0 Å². The number of carbonyl (C=O) groups excluding carboxylic acids is 1. The second-order valence-electron chi connectivity index (χ2n) is 4.10. The van der Waals surface area contributed by atoms with Gasteiger partial charge in [-0.3, -0.25) is 4.79 Å². The van der Waals surface area contributed by atoms with E-state index in [1.807, 2.05) is 0 Å². The van der Waals surface area contributed by atoms with Gasteiger partial charge in [0.25, 0.3) is 0 Å². The van der Waals surface area contributed by atoms with Crippen LogP contribution in [0.15, 0.2) is 0 Å². The van der Waals surface area contributed by atoms with E-state index in [1.54, 1.807) is 6.92 Å². The van der Waals surface area contributed by atoms with Crippen LogP contribution in [0.5, 0.6) is 0 Å². The minimum atomic E-state index is -4.55. The Balaban J connectivity index is 2.60. The predicted molar refractivity (Wildman–Crippen MR) is 51.5 cm³/mol. The van der Waals surface area contributed by atoms with Gasteiger partial charge in [0.15, 0.2) is 0 Å². The van der Waals surface area contributed by atoms with Crippen LogP contribution in [-0.4, -0.2) is 24.3 Å². The van der Waals surface area contributed by atoms with Gasteiger partial charge in [0.1, 0.15) is 12.1 Å². The number of nitrogens with two attached hydrogens (primary N) is 1. The maximum Gasteiger partial charge on any atom is 0.404 e. The Hall–Kier alpha value is -0.780. The number of hydrogen-bond donors (Lipinski definition) is 1. The summed E-state index contributed by atoms with van der Waals surface area (Å²) in [5.74, 6) is -2.08. The van der Waals surface area contributed by atoms with Gasteiger partial charge in [0, 0.05) is 0 Å². The molecule has 1 saturated carbocycles. The number of esters is 1. The summed E-state index contributed by atoms with van der Waals surface area (Å²) in [5.41, 5.74) is 5.05. The van der Waals surface area contributed by atoms with Crippen LogP contribution in [-0.2, 0) is 9.53 Å². The molecular weight excluding hydrogens is 223 g/mol. The van der Waals surface area contributed by atoms with E-state index < -0.39 is 24.1 Å². The van der Waals surface area contributed by atoms with Gasteiger partial charge in [0.05, 0.1) is 5.92 Å². The zero-order valence-electron chi connectivity index (χ0n) is 9.09. The van der Waals surface area contributed by atoms with Gasteiger partial charge < -0.3 is 10.5 Å². The van der Waals surface area contributed by atoms with E-state index in [1.165, 1.54) is 0 Å². The van der Waals surface area contributed by atoms with E-state index >= 15 is 0 Å². The van der Waals surface area contributed by atoms with Crippen molar-refractivity contribution in [3.05, 3.63) is 0 Å². The average molecular weight is 239 g/mol. The predicted octanol–water partition coefficient (Wildman–Crippen LogP) is 2.00. The van der Waals surface area contributed by atoms with Crippen molar-refractivity contribution in [3.8, 4) is 0 Å². The number of alkyl halides is 3. The van der Waals surface area contributed by atoms with E-state index in [2.05, 4.69) is 0 Å². The van der Waals surface area contributed by atoms with Gasteiger partial charge in [-0.1, -0.05) is 13.3 Å². The highest BCUT2D eigenvalue weighted by molar-refractivity contribution is 5.73. The van der Waals surface area contributed by atoms with Gasteiger partial charge in [-0.05, 0) is 19.3 Å². The first-order valence-corrected chi connectivity index (χ1v) is 5.39. The molecule has 0 spiro atoms. The van der Waals surface area contributed by atoms with Gasteiger partial charge in [0.2, 0.25) is 0 Å². The normalized spacial score (nSPS) is 20.3. The average Bonchev–Trinajstić information content (AvgIpc) is 2.95. The molecule has 0 unspecified atom stereocenters. The Labute approximate surface area is 92.1 Å². The summed E-state index contributed by atoms with van der Waals surface area (Å²) in [6.07, 6.45) is -2.69. The second-order valence-corrected chi connectivity index (χ2v) is 4.10. The van der Waals surface area contributed by atoms with Gasteiger partial charge in [-0.25, -0.2) is 0 Å². The molecule has 0 bridgehead atoms. The van der Waals surface area contributed by atoms with Crippen LogP contribution in [0.2, 0.25) is 0 Å². The topological polar surface area (TPSA) is 52.3 Å². The summed E-state index contributed by atoms with van der Waals surface area (Å²) < 4.78 is 42.1. The third-order valence-corrected chi connectivity index (χ3v) is 2.52. The van der Waals surface area contributed by atoms with Crippen LogP contribution in [0.3, 0.4) is 0 Å². The fourth-order valence-corrected chi connectivity index (χ4v) is 1.42. The number of hydrogen-bond acceptors (Lipinski definition) is 3. The highest BCUT2D eigenvalue weighted by Gasteiger charge is 2.46. The number of carbonyl (C=O) groups is 1. The van der Waals surface area contributed by atoms with Crippen molar-refractivity contribution in [1.29, 1.82) is 0 Å². The molecule has 6 heteroatoms. The van der Waals surface area contributed by atoms with Gasteiger partial charge in [-0.15, -0.1) is 0 Å². The molecule has 1 aliphatic carbocycles. The molecule has 0 heterocycles. The fourth-order valence-electron chi connectivity index (χ4n) is 1.42. The first-order chi connectivity index (χ1) is 7.36. The molecule has 0 aromatic rings. The van der Waals surface area contributed by atoms with Crippen LogP contribution in [0.1, 0.15) is 32.6 Å². The van der Waals surface area contributed by atoms with Crippen molar-refractivity contribution < 1.29 is 22.7 Å². The lowest BCUT2D eigenvalue weighted by Crippen LogP contribution is -2.47. The molecule has 0 amide bonds. The molecule has 16 heavy (non-hydrogen) atoms. The molecule has 3 nitrogen and oxygen atoms in total. The molecule has 1 fully saturated rings. The molecular formula is C10H16F3NO2. The lowest BCUT2D eigenvalue weighted by molar-refractivity contribution is -0.177. The first kappa shape index (κ1) is 13.3. The van der Waals surface area contributed by atoms with Crippen LogP contribution in [0.4, 0.5) is 13.2 Å². The standard InChI is InChI=1S/C10H16F3NO2/c1-2-3-7(8(14)10(11,12)13)9(15)16-6-4-5-6/h6-8H,2-5,14H2,1H3/t7-,8-/m0/s1. The fraction of sp³-hybridized carbons (Fsp3) is 0.900. The number of ether oxygens (including phenoxy) is 1. The van der Waals surface area contributed by atoms with Crippen molar-refractivity contribution in [1.82, 2.24) is 0 Å². The van der Waals surface area contributed by atoms with E-state index in [0.29, 0.717) is 6.42 Å². The molecule has 0 aliphatic heterocycles. The van der Waals surface area contributed by atoms with E-state index in [-0.39, 0.29) is 12.5 Å². The van der Waals surface area contributed by atoms with Crippen LogP contribution >= 0.6 is 0 Å². The molecule has 1 aliphatic rings. The Bertz CT molecular complexity index is 251. The molecule has 0 aromatic carbocycles. The van der Waals surface area contributed by atoms with Crippen molar-refractivity contribution in [2.75, 3.05) is 0 Å². The van der Waals surface area contributed by atoms with Crippen molar-refractivity contribution in [2.24, 2.45) is 11.7 Å². The minimum Gasteiger partial charge on any atom is -0.462 e. The summed E-state index contributed by atoms with van der Waals surface area (Å²) >= 11 is 0. The highest BCUT2D eigenvalue weighted by atomic mass is 19.4. The Morgan fingerprint density at radius 1 is 1.50 bits per heavy atom. The lowest BCUT2D eigenvalue weighted by Gasteiger charge is -2.24. The molecule has 1 rings (SSSR count).